The van der Waals surface area contributed by atoms with Crippen LogP contribution < -0.4 is 5.14 Å². The molecule has 3 aromatic heterocycles. The molecule has 130 valence electrons. The lowest BCUT2D eigenvalue weighted by atomic mass is 10.1. The average Bonchev–Trinajstić information content (AvgIpc) is 3.13. The van der Waals surface area contributed by atoms with Crippen LogP contribution in [0.5, 0.6) is 0 Å². The normalized spacial score (nSPS) is 10.1. The van der Waals surface area contributed by atoms with E-state index >= 15 is 0 Å². The SMILES string of the molecule is CCC(=P)c1nc(-c2cnc(-c3cccnc3)s2)ccc1C.NSCl. The fourth-order valence-corrected chi connectivity index (χ4v) is 3.28. The van der Waals surface area contributed by atoms with E-state index in [0.29, 0.717) is 0 Å². The molecule has 25 heavy (non-hydrogen) atoms. The Balaban J connectivity index is 0.000000701. The van der Waals surface area contributed by atoms with Crippen molar-refractivity contribution in [3.8, 4) is 21.1 Å². The van der Waals surface area contributed by atoms with Gasteiger partial charge in [0.1, 0.15) is 5.01 Å². The number of halogens is 1. The second-order valence-corrected chi connectivity index (χ2v) is 7.40. The summed E-state index contributed by atoms with van der Waals surface area (Å²) in [7, 11) is 8.37. The average molecular weight is 409 g/mol. The number of rotatable bonds is 4. The minimum Gasteiger partial charge on any atom is -0.264 e. The van der Waals surface area contributed by atoms with Crippen molar-refractivity contribution in [2.75, 3.05) is 0 Å². The maximum Gasteiger partial charge on any atom is 0.125 e. The van der Waals surface area contributed by atoms with Gasteiger partial charge in [0.2, 0.25) is 0 Å². The summed E-state index contributed by atoms with van der Waals surface area (Å²) in [6.45, 7) is 4.19. The van der Waals surface area contributed by atoms with E-state index in [0.717, 1.165) is 49.7 Å². The standard InChI is InChI=1S/C17H16N3PS.ClH2NS/c1-3-14(21)16-11(2)6-7-13(20-16)15-10-19-17(22-15)12-5-4-8-18-9-12;1-3-2/h4-10,21H,3H2,1-2H3;2H2. The highest BCUT2D eigenvalue weighted by Crippen LogP contribution is 2.31. The molecule has 0 bridgehead atoms. The molecule has 0 aromatic carbocycles. The number of nitrogens with two attached hydrogens (primary N) is 1. The van der Waals surface area contributed by atoms with Crippen molar-refractivity contribution < 1.29 is 0 Å². The lowest BCUT2D eigenvalue weighted by Crippen LogP contribution is -2.02. The van der Waals surface area contributed by atoms with Crippen LogP contribution in [0, 0.1) is 6.92 Å². The number of thiazole rings is 1. The second kappa shape index (κ2) is 10.00. The van der Waals surface area contributed by atoms with Gasteiger partial charge in [-0.25, -0.2) is 9.97 Å². The van der Waals surface area contributed by atoms with Crippen LogP contribution >= 0.6 is 42.0 Å². The highest BCUT2D eigenvalue weighted by Gasteiger charge is 2.11. The molecule has 0 aliphatic rings. The Labute approximate surface area is 162 Å². The van der Waals surface area contributed by atoms with E-state index in [1.165, 1.54) is 5.56 Å². The number of aromatic nitrogens is 3. The minimum atomic E-state index is 0.722. The predicted molar refractivity (Wildman–Crippen MR) is 114 cm³/mol. The fourth-order valence-electron chi connectivity index (χ4n) is 2.15. The zero-order valence-corrected chi connectivity index (χ0v) is 17.3. The van der Waals surface area contributed by atoms with Crippen molar-refractivity contribution >= 4 is 47.3 Å². The Bertz CT molecular complexity index is 840. The smallest absolute Gasteiger partial charge is 0.125 e. The van der Waals surface area contributed by atoms with Gasteiger partial charge >= 0.3 is 0 Å². The third-order valence-electron chi connectivity index (χ3n) is 3.40. The Kier molecular flexibility index (Phi) is 8.00. The van der Waals surface area contributed by atoms with E-state index in [4.69, 9.17) is 15.7 Å². The van der Waals surface area contributed by atoms with Gasteiger partial charge < -0.3 is 0 Å². The first kappa shape index (κ1) is 20.0. The maximum absolute atomic E-state index is 4.79. The Morgan fingerprint density at radius 3 is 2.72 bits per heavy atom. The van der Waals surface area contributed by atoms with Gasteiger partial charge in [0.05, 0.1) is 16.3 Å². The largest absolute Gasteiger partial charge is 0.264 e. The monoisotopic (exact) mass is 408 g/mol. The molecule has 3 aromatic rings. The van der Waals surface area contributed by atoms with Gasteiger partial charge in [-0.3, -0.25) is 10.1 Å². The number of hydrogen-bond donors (Lipinski definition) is 1. The summed E-state index contributed by atoms with van der Waals surface area (Å²) < 4.78 is 0. The molecule has 0 saturated carbocycles. The molecule has 0 saturated heterocycles. The lowest BCUT2D eigenvalue weighted by Gasteiger charge is -2.07. The molecule has 0 amide bonds. The molecule has 3 rings (SSSR count). The maximum atomic E-state index is 4.79. The van der Waals surface area contributed by atoms with Gasteiger partial charge in [0.25, 0.3) is 0 Å². The van der Waals surface area contributed by atoms with Crippen molar-refractivity contribution in [2.45, 2.75) is 20.3 Å². The number of pyridine rings is 2. The molecule has 8 heteroatoms. The van der Waals surface area contributed by atoms with Crippen LogP contribution in [0.25, 0.3) is 21.1 Å². The number of nitrogens with zero attached hydrogens (tertiary/aromatic N) is 3. The first-order valence-corrected chi connectivity index (χ1v) is 10.5. The molecule has 0 unspecified atom stereocenters. The molecule has 4 nitrogen and oxygen atoms in total. The van der Waals surface area contributed by atoms with Crippen LogP contribution in [-0.2, 0) is 0 Å². The van der Waals surface area contributed by atoms with Crippen molar-refractivity contribution in [3.05, 3.63) is 54.1 Å². The molecule has 0 aliphatic heterocycles. The first-order valence-electron chi connectivity index (χ1n) is 7.50. The van der Waals surface area contributed by atoms with Crippen molar-refractivity contribution in [1.82, 2.24) is 15.0 Å². The topological polar surface area (TPSA) is 64.7 Å². The van der Waals surface area contributed by atoms with Crippen molar-refractivity contribution in [1.29, 1.82) is 0 Å². The predicted octanol–water partition coefficient (Wildman–Crippen LogP) is 5.40. The van der Waals surface area contributed by atoms with Gasteiger partial charge in [0, 0.05) is 35.3 Å². The summed E-state index contributed by atoms with van der Waals surface area (Å²) in [6, 6.07) is 8.10. The molecular weight excluding hydrogens is 391 g/mol. The number of aryl methyl sites for hydroxylation is 1. The van der Waals surface area contributed by atoms with Crippen LogP contribution in [0.4, 0.5) is 0 Å². The van der Waals surface area contributed by atoms with E-state index in [2.05, 4.69) is 50.0 Å². The highest BCUT2D eigenvalue weighted by molar-refractivity contribution is 8.19. The third kappa shape index (κ3) is 5.33. The van der Waals surface area contributed by atoms with Crippen LogP contribution in [0.1, 0.15) is 24.6 Å². The molecule has 0 fully saturated rings. The Morgan fingerprint density at radius 2 is 2.08 bits per heavy atom. The van der Waals surface area contributed by atoms with E-state index in [1.54, 1.807) is 17.5 Å². The van der Waals surface area contributed by atoms with Crippen molar-refractivity contribution in [2.24, 2.45) is 5.14 Å². The Hall–Kier alpha value is -1.30. The molecule has 2 N–H and O–H groups in total. The quantitative estimate of drug-likeness (QED) is 0.462. The molecule has 0 spiro atoms. The first-order chi connectivity index (χ1) is 12.1. The summed E-state index contributed by atoms with van der Waals surface area (Å²) in [5, 5.41) is 6.61. The molecule has 3 heterocycles. The zero-order valence-electron chi connectivity index (χ0n) is 13.9. The molecular formula is C17H18ClN4PS2. The third-order valence-corrected chi connectivity index (χ3v) is 5.06. The lowest BCUT2D eigenvalue weighted by molar-refractivity contribution is 1.21. The van der Waals surface area contributed by atoms with Crippen LogP contribution in [0.15, 0.2) is 42.9 Å². The zero-order chi connectivity index (χ0) is 18.2. The van der Waals surface area contributed by atoms with Gasteiger partial charge in [-0.15, -0.1) is 20.2 Å². The highest BCUT2D eigenvalue weighted by atomic mass is 35.7. The summed E-state index contributed by atoms with van der Waals surface area (Å²) in [5.41, 5.74) is 4.19. The summed E-state index contributed by atoms with van der Waals surface area (Å²) >= 11 is 2.36. The summed E-state index contributed by atoms with van der Waals surface area (Å²) in [6.07, 6.45) is 6.41. The minimum absolute atomic E-state index is 0.722. The van der Waals surface area contributed by atoms with Gasteiger partial charge in [-0.05, 0) is 53.1 Å². The van der Waals surface area contributed by atoms with Gasteiger partial charge in [-0.2, -0.15) is 0 Å². The second-order valence-electron chi connectivity index (χ2n) is 5.05. The van der Waals surface area contributed by atoms with E-state index in [9.17, 15) is 0 Å². The Morgan fingerprint density at radius 1 is 1.32 bits per heavy atom. The van der Waals surface area contributed by atoms with Crippen LogP contribution in [0.3, 0.4) is 0 Å². The molecule has 0 atom stereocenters. The van der Waals surface area contributed by atoms with Crippen LogP contribution in [-0.4, -0.2) is 20.2 Å². The van der Waals surface area contributed by atoms with E-state index in [-0.39, 0.29) is 0 Å². The number of hydrogen-bond acceptors (Lipinski definition) is 6. The molecule has 0 aliphatic carbocycles. The van der Waals surface area contributed by atoms with E-state index < -0.39 is 0 Å². The summed E-state index contributed by atoms with van der Waals surface area (Å²) in [5.74, 6) is 0. The van der Waals surface area contributed by atoms with Gasteiger partial charge in [0.15, 0.2) is 0 Å². The van der Waals surface area contributed by atoms with Crippen LogP contribution in [0.2, 0.25) is 0 Å². The summed E-state index contributed by atoms with van der Waals surface area (Å²) in [4.78, 5) is 14.5. The fraction of sp³-hybridized carbons (Fsp3) is 0.176. The van der Waals surface area contributed by atoms with Gasteiger partial charge in [-0.1, -0.05) is 13.0 Å². The van der Waals surface area contributed by atoms with Crippen molar-refractivity contribution in [3.63, 3.8) is 0 Å². The molecule has 0 radical (unpaired) electrons. The van der Waals surface area contributed by atoms with E-state index in [1.807, 2.05) is 24.5 Å².